The van der Waals surface area contributed by atoms with E-state index >= 15 is 0 Å². The molecule has 0 unspecified atom stereocenters. The zero-order valence-electron chi connectivity index (χ0n) is 14.0. The van der Waals surface area contributed by atoms with E-state index in [1.54, 1.807) is 7.05 Å². The summed E-state index contributed by atoms with van der Waals surface area (Å²) >= 11 is 0. The standard InChI is InChI=1S/C18H23N3O3/c1-20-17(22)8-7-16(19-20)18(23)21-11-9-15(10-12-21)24-13-14-5-3-2-4-6-14/h2-6,15H,7-13H2,1H3. The highest BCUT2D eigenvalue weighted by Gasteiger charge is 2.29. The molecular weight excluding hydrogens is 306 g/mol. The minimum atomic E-state index is -0.0455. The lowest BCUT2D eigenvalue weighted by molar-refractivity contribution is -0.131. The molecule has 6 heteroatoms. The fourth-order valence-electron chi connectivity index (χ4n) is 3.02. The molecule has 6 nitrogen and oxygen atoms in total. The average molecular weight is 329 g/mol. The molecular formula is C18H23N3O3. The minimum Gasteiger partial charge on any atom is -0.373 e. The van der Waals surface area contributed by atoms with Crippen molar-refractivity contribution in [3.8, 4) is 0 Å². The molecule has 2 amide bonds. The number of piperidine rings is 1. The maximum Gasteiger partial charge on any atom is 0.270 e. The van der Waals surface area contributed by atoms with Crippen LogP contribution in [0.25, 0.3) is 0 Å². The van der Waals surface area contributed by atoms with Crippen LogP contribution in [0.3, 0.4) is 0 Å². The van der Waals surface area contributed by atoms with Gasteiger partial charge in [0.15, 0.2) is 0 Å². The Morgan fingerprint density at radius 3 is 2.58 bits per heavy atom. The van der Waals surface area contributed by atoms with Gasteiger partial charge in [-0.05, 0) is 18.4 Å². The van der Waals surface area contributed by atoms with E-state index in [-0.39, 0.29) is 17.9 Å². The number of carbonyl (C=O) groups excluding carboxylic acids is 2. The van der Waals surface area contributed by atoms with E-state index in [1.165, 1.54) is 10.6 Å². The van der Waals surface area contributed by atoms with Crippen molar-refractivity contribution in [1.82, 2.24) is 9.91 Å². The van der Waals surface area contributed by atoms with Gasteiger partial charge >= 0.3 is 0 Å². The van der Waals surface area contributed by atoms with Crippen LogP contribution in [-0.4, -0.2) is 53.7 Å². The van der Waals surface area contributed by atoms with Crippen LogP contribution in [0.4, 0.5) is 0 Å². The Hall–Kier alpha value is -2.21. The molecule has 0 saturated carbocycles. The molecule has 0 spiro atoms. The number of ether oxygens (including phenoxy) is 1. The van der Waals surface area contributed by atoms with Gasteiger partial charge in [-0.2, -0.15) is 5.10 Å². The molecule has 2 heterocycles. The van der Waals surface area contributed by atoms with E-state index < -0.39 is 0 Å². The van der Waals surface area contributed by atoms with E-state index in [4.69, 9.17) is 4.74 Å². The maximum atomic E-state index is 12.5. The molecule has 24 heavy (non-hydrogen) atoms. The van der Waals surface area contributed by atoms with Crippen molar-refractivity contribution in [2.24, 2.45) is 5.10 Å². The Kier molecular flexibility index (Phi) is 5.25. The van der Waals surface area contributed by atoms with Gasteiger partial charge in [0.05, 0.1) is 12.7 Å². The lowest BCUT2D eigenvalue weighted by atomic mass is 10.1. The van der Waals surface area contributed by atoms with Crippen molar-refractivity contribution < 1.29 is 14.3 Å². The number of hydrogen-bond acceptors (Lipinski definition) is 4. The molecule has 0 atom stereocenters. The van der Waals surface area contributed by atoms with E-state index in [0.29, 0.717) is 38.2 Å². The van der Waals surface area contributed by atoms with E-state index in [1.807, 2.05) is 23.1 Å². The summed E-state index contributed by atoms with van der Waals surface area (Å²) in [6, 6.07) is 10.1. The summed E-state index contributed by atoms with van der Waals surface area (Å²) in [6.45, 7) is 1.96. The topological polar surface area (TPSA) is 62.2 Å². The first kappa shape index (κ1) is 16.6. The van der Waals surface area contributed by atoms with Crippen molar-refractivity contribution >= 4 is 17.5 Å². The number of benzene rings is 1. The van der Waals surface area contributed by atoms with Crippen molar-refractivity contribution in [3.63, 3.8) is 0 Å². The summed E-state index contributed by atoms with van der Waals surface area (Å²) < 4.78 is 5.95. The summed E-state index contributed by atoms with van der Waals surface area (Å²) in [5.41, 5.74) is 1.65. The van der Waals surface area contributed by atoms with Crippen molar-refractivity contribution in [2.45, 2.75) is 38.4 Å². The first-order chi connectivity index (χ1) is 11.6. The zero-order chi connectivity index (χ0) is 16.9. The van der Waals surface area contributed by atoms with Crippen LogP contribution in [0, 0.1) is 0 Å². The largest absolute Gasteiger partial charge is 0.373 e. The molecule has 1 aromatic rings. The highest BCUT2D eigenvalue weighted by Crippen LogP contribution is 2.18. The molecule has 0 bridgehead atoms. The van der Waals surface area contributed by atoms with Crippen molar-refractivity contribution in [3.05, 3.63) is 35.9 Å². The normalized spacial score (nSPS) is 19.4. The second-order valence-electron chi connectivity index (χ2n) is 6.25. The smallest absolute Gasteiger partial charge is 0.270 e. The van der Waals surface area contributed by atoms with Crippen LogP contribution in [0.15, 0.2) is 35.4 Å². The lowest BCUT2D eigenvalue weighted by Crippen LogP contribution is -2.45. The Labute approximate surface area is 142 Å². The van der Waals surface area contributed by atoms with E-state index in [2.05, 4.69) is 17.2 Å². The third-order valence-corrected chi connectivity index (χ3v) is 4.51. The fraction of sp³-hybridized carbons (Fsp3) is 0.500. The van der Waals surface area contributed by atoms with Gasteiger partial charge < -0.3 is 9.64 Å². The third-order valence-electron chi connectivity index (χ3n) is 4.51. The Balaban J connectivity index is 1.47. The molecule has 0 aliphatic carbocycles. The first-order valence-electron chi connectivity index (χ1n) is 8.42. The van der Waals surface area contributed by atoms with Crippen LogP contribution < -0.4 is 0 Å². The van der Waals surface area contributed by atoms with Gasteiger partial charge in [-0.3, -0.25) is 9.59 Å². The van der Waals surface area contributed by atoms with Crippen molar-refractivity contribution in [2.75, 3.05) is 20.1 Å². The van der Waals surface area contributed by atoms with E-state index in [9.17, 15) is 9.59 Å². The molecule has 1 saturated heterocycles. The molecule has 128 valence electrons. The number of hydrogen-bond donors (Lipinski definition) is 0. The Bertz CT molecular complexity index is 622. The number of hydrazone groups is 1. The quantitative estimate of drug-likeness (QED) is 0.846. The Morgan fingerprint density at radius 2 is 1.92 bits per heavy atom. The molecule has 1 fully saturated rings. The monoisotopic (exact) mass is 329 g/mol. The minimum absolute atomic E-state index is 0.0421. The maximum absolute atomic E-state index is 12.5. The number of rotatable bonds is 4. The van der Waals surface area contributed by atoms with Crippen molar-refractivity contribution in [1.29, 1.82) is 0 Å². The summed E-state index contributed by atoms with van der Waals surface area (Å²) in [6.07, 6.45) is 2.65. The van der Waals surface area contributed by atoms with Crippen LogP contribution in [0.2, 0.25) is 0 Å². The van der Waals surface area contributed by atoms with Gasteiger partial charge in [-0.15, -0.1) is 0 Å². The molecule has 1 aromatic carbocycles. The second-order valence-corrected chi connectivity index (χ2v) is 6.25. The second kappa shape index (κ2) is 7.57. The van der Waals surface area contributed by atoms with Crippen LogP contribution in [0.1, 0.15) is 31.2 Å². The summed E-state index contributed by atoms with van der Waals surface area (Å²) in [5, 5.41) is 5.38. The lowest BCUT2D eigenvalue weighted by Gasteiger charge is -2.33. The van der Waals surface area contributed by atoms with Gasteiger partial charge in [0.1, 0.15) is 5.71 Å². The Morgan fingerprint density at radius 1 is 1.21 bits per heavy atom. The summed E-state index contributed by atoms with van der Waals surface area (Å²) in [7, 11) is 1.60. The molecule has 0 radical (unpaired) electrons. The molecule has 3 rings (SSSR count). The average Bonchev–Trinajstić information content (AvgIpc) is 2.63. The molecule has 2 aliphatic rings. The third kappa shape index (κ3) is 4.00. The van der Waals surface area contributed by atoms with Gasteiger partial charge in [-0.1, -0.05) is 30.3 Å². The number of amides is 2. The fourth-order valence-corrected chi connectivity index (χ4v) is 3.02. The predicted molar refractivity (Wildman–Crippen MR) is 90.3 cm³/mol. The van der Waals surface area contributed by atoms with Gasteiger partial charge in [-0.25, -0.2) is 5.01 Å². The van der Waals surface area contributed by atoms with E-state index in [0.717, 1.165) is 12.8 Å². The van der Waals surface area contributed by atoms with Crippen LogP contribution in [0.5, 0.6) is 0 Å². The first-order valence-corrected chi connectivity index (χ1v) is 8.42. The van der Waals surface area contributed by atoms with Gasteiger partial charge in [0.2, 0.25) is 5.91 Å². The summed E-state index contributed by atoms with van der Waals surface area (Å²) in [4.78, 5) is 25.8. The van der Waals surface area contributed by atoms with Gasteiger partial charge in [0, 0.05) is 33.0 Å². The molecule has 0 aromatic heterocycles. The number of nitrogens with zero attached hydrogens (tertiary/aromatic N) is 3. The van der Waals surface area contributed by atoms with Crippen LogP contribution >= 0.6 is 0 Å². The van der Waals surface area contributed by atoms with Gasteiger partial charge in [0.25, 0.3) is 5.91 Å². The SMILES string of the molecule is CN1N=C(C(=O)N2CCC(OCc3ccccc3)CC2)CCC1=O. The molecule has 0 N–H and O–H groups in total. The highest BCUT2D eigenvalue weighted by atomic mass is 16.5. The molecule has 2 aliphatic heterocycles. The summed E-state index contributed by atoms with van der Waals surface area (Å²) in [5.74, 6) is -0.0876. The predicted octanol–water partition coefficient (Wildman–Crippen LogP) is 1.80. The number of likely N-dealkylation sites (tertiary alicyclic amines) is 1. The number of carbonyl (C=O) groups is 2. The highest BCUT2D eigenvalue weighted by molar-refractivity contribution is 6.39. The zero-order valence-corrected chi connectivity index (χ0v) is 14.0. The van der Waals surface area contributed by atoms with Crippen LogP contribution in [-0.2, 0) is 20.9 Å².